The Balaban J connectivity index is 1.49. The van der Waals surface area contributed by atoms with Crippen LogP contribution < -0.4 is 0 Å². The molecular weight excluding hydrogens is 436 g/mol. The van der Waals surface area contributed by atoms with Crippen molar-refractivity contribution in [1.29, 1.82) is 0 Å². The molecule has 0 saturated carbocycles. The third-order valence-corrected chi connectivity index (χ3v) is 7.89. The third-order valence-electron chi connectivity index (χ3n) is 7.89. The molecule has 8 rings (SSSR count). The fraction of sp³-hybridized carbons (Fsp3) is 0.0588. The van der Waals surface area contributed by atoms with Gasteiger partial charge >= 0.3 is 0 Å². The lowest BCUT2D eigenvalue weighted by Crippen LogP contribution is -1.93. The lowest BCUT2D eigenvalue weighted by molar-refractivity contribution is 1.42. The van der Waals surface area contributed by atoms with Crippen LogP contribution >= 0.6 is 0 Å². The molecule has 0 N–H and O–H groups in total. The van der Waals surface area contributed by atoms with Crippen molar-refractivity contribution in [2.24, 2.45) is 0 Å². The molecule has 36 heavy (non-hydrogen) atoms. The molecule has 0 bridgehead atoms. The maximum atomic E-state index is 5.22. The van der Waals surface area contributed by atoms with Gasteiger partial charge in [-0.05, 0) is 98.4 Å². The first kappa shape index (κ1) is 19.7. The first-order valence-electron chi connectivity index (χ1n) is 12.4. The second-order valence-corrected chi connectivity index (χ2v) is 9.94. The summed E-state index contributed by atoms with van der Waals surface area (Å²) in [5.74, 6) is 0. The standard InChI is InChI=1S/C34H22N2/c1-19-6-5-8-22-17-28-23(16-27(19)22)11-14-30-33(28)35-31-15-12-24-18-29-25(20(2)32(24)34(31)36-30)13-10-21-7-3-4-9-26(21)29/h3-18H,1-2H3. The second-order valence-electron chi connectivity index (χ2n) is 9.94. The SMILES string of the molecule is Cc1cccc2cc3c(ccc4nc5c(ccc6cc7c(ccc8ccccc87)c(C)c65)nc43)cc12. The molecule has 2 heteroatoms. The monoisotopic (exact) mass is 458 g/mol. The van der Waals surface area contributed by atoms with Crippen LogP contribution in [0.1, 0.15) is 11.1 Å². The Morgan fingerprint density at radius 1 is 0.444 bits per heavy atom. The second kappa shape index (κ2) is 6.99. The van der Waals surface area contributed by atoms with E-state index < -0.39 is 0 Å². The van der Waals surface area contributed by atoms with E-state index in [0.717, 1.165) is 27.5 Å². The van der Waals surface area contributed by atoms with Crippen molar-refractivity contribution in [2.75, 3.05) is 0 Å². The van der Waals surface area contributed by atoms with Crippen molar-refractivity contribution >= 4 is 75.9 Å². The van der Waals surface area contributed by atoms with Crippen LogP contribution in [0, 0.1) is 13.8 Å². The number of aromatic nitrogens is 2. The van der Waals surface area contributed by atoms with Crippen molar-refractivity contribution in [3.63, 3.8) is 0 Å². The Morgan fingerprint density at radius 2 is 1.11 bits per heavy atom. The number of benzene rings is 7. The predicted molar refractivity (Wildman–Crippen MR) is 154 cm³/mol. The first-order chi connectivity index (χ1) is 17.7. The minimum absolute atomic E-state index is 0.938. The molecular formula is C34H22N2. The van der Waals surface area contributed by atoms with Gasteiger partial charge in [0.15, 0.2) is 0 Å². The van der Waals surface area contributed by atoms with Gasteiger partial charge in [-0.25, -0.2) is 9.97 Å². The van der Waals surface area contributed by atoms with E-state index in [2.05, 4.69) is 111 Å². The van der Waals surface area contributed by atoms with Crippen LogP contribution in [0.3, 0.4) is 0 Å². The van der Waals surface area contributed by atoms with Crippen LogP contribution in [0.25, 0.3) is 75.9 Å². The van der Waals surface area contributed by atoms with E-state index in [-0.39, 0.29) is 0 Å². The number of aryl methyl sites for hydroxylation is 2. The van der Waals surface area contributed by atoms with Crippen molar-refractivity contribution in [3.05, 3.63) is 108 Å². The molecule has 0 fully saturated rings. The number of fused-ring (bicyclic) bond motifs is 10. The van der Waals surface area contributed by atoms with Gasteiger partial charge in [0.1, 0.15) is 0 Å². The van der Waals surface area contributed by atoms with Gasteiger partial charge in [0.2, 0.25) is 0 Å². The van der Waals surface area contributed by atoms with E-state index >= 15 is 0 Å². The first-order valence-corrected chi connectivity index (χ1v) is 12.4. The van der Waals surface area contributed by atoms with Gasteiger partial charge in [0.25, 0.3) is 0 Å². The van der Waals surface area contributed by atoms with Crippen molar-refractivity contribution < 1.29 is 0 Å². The topological polar surface area (TPSA) is 25.8 Å². The molecule has 1 heterocycles. The van der Waals surface area contributed by atoms with Crippen LogP contribution in [-0.2, 0) is 0 Å². The smallest absolute Gasteiger partial charge is 0.0975 e. The number of hydrogen-bond acceptors (Lipinski definition) is 2. The summed E-state index contributed by atoms with van der Waals surface area (Å²) in [6.45, 7) is 4.39. The van der Waals surface area contributed by atoms with E-state index in [1.165, 1.54) is 59.6 Å². The molecule has 7 aromatic carbocycles. The average Bonchev–Trinajstić information content (AvgIpc) is 2.91. The van der Waals surface area contributed by atoms with E-state index in [9.17, 15) is 0 Å². The number of nitrogens with zero attached hydrogens (tertiary/aromatic N) is 2. The van der Waals surface area contributed by atoms with Crippen LogP contribution in [0.5, 0.6) is 0 Å². The Labute approximate surface area is 207 Å². The Hall–Kier alpha value is -4.56. The molecule has 0 unspecified atom stereocenters. The number of rotatable bonds is 0. The average molecular weight is 459 g/mol. The number of hydrogen-bond donors (Lipinski definition) is 0. The summed E-state index contributed by atoms with van der Waals surface area (Å²) in [4.78, 5) is 10.4. The Bertz CT molecular complexity index is 2220. The summed E-state index contributed by atoms with van der Waals surface area (Å²) < 4.78 is 0. The molecule has 0 aliphatic rings. The zero-order valence-corrected chi connectivity index (χ0v) is 20.1. The van der Waals surface area contributed by atoms with Crippen molar-refractivity contribution in [2.45, 2.75) is 13.8 Å². The molecule has 0 aliphatic carbocycles. The lowest BCUT2D eigenvalue weighted by Gasteiger charge is -2.13. The molecule has 2 nitrogen and oxygen atoms in total. The van der Waals surface area contributed by atoms with Gasteiger partial charge < -0.3 is 0 Å². The van der Waals surface area contributed by atoms with Crippen molar-refractivity contribution in [1.82, 2.24) is 9.97 Å². The highest BCUT2D eigenvalue weighted by molar-refractivity contribution is 6.19. The molecule has 0 spiro atoms. The van der Waals surface area contributed by atoms with Crippen LogP contribution in [-0.4, -0.2) is 9.97 Å². The molecule has 0 radical (unpaired) electrons. The summed E-state index contributed by atoms with van der Waals surface area (Å²) >= 11 is 0. The van der Waals surface area contributed by atoms with Gasteiger partial charge in [-0.15, -0.1) is 0 Å². The molecule has 1 aromatic heterocycles. The van der Waals surface area contributed by atoms with Crippen LogP contribution in [0.4, 0.5) is 0 Å². The van der Waals surface area contributed by atoms with Gasteiger partial charge in [-0.1, -0.05) is 66.7 Å². The maximum Gasteiger partial charge on any atom is 0.0975 e. The summed E-state index contributed by atoms with van der Waals surface area (Å²) in [5.41, 5.74) is 6.37. The third kappa shape index (κ3) is 2.61. The zero-order chi connectivity index (χ0) is 24.0. The summed E-state index contributed by atoms with van der Waals surface area (Å²) in [6.07, 6.45) is 0. The minimum Gasteiger partial charge on any atom is -0.244 e. The van der Waals surface area contributed by atoms with Crippen molar-refractivity contribution in [3.8, 4) is 0 Å². The quantitative estimate of drug-likeness (QED) is 0.167. The molecule has 0 aliphatic heterocycles. The fourth-order valence-corrected chi connectivity index (χ4v) is 6.06. The van der Waals surface area contributed by atoms with Gasteiger partial charge in [0, 0.05) is 10.8 Å². The van der Waals surface area contributed by atoms with Gasteiger partial charge in [-0.2, -0.15) is 0 Å². The molecule has 168 valence electrons. The molecule has 8 aromatic rings. The highest BCUT2D eigenvalue weighted by atomic mass is 14.8. The molecule has 0 atom stereocenters. The summed E-state index contributed by atoms with van der Waals surface area (Å²) in [6, 6.07) is 35.1. The van der Waals surface area contributed by atoms with E-state index in [0.29, 0.717) is 0 Å². The minimum atomic E-state index is 0.938. The summed E-state index contributed by atoms with van der Waals surface area (Å²) in [7, 11) is 0. The highest BCUT2D eigenvalue weighted by Crippen LogP contribution is 2.37. The zero-order valence-electron chi connectivity index (χ0n) is 20.1. The fourth-order valence-electron chi connectivity index (χ4n) is 6.06. The lowest BCUT2D eigenvalue weighted by atomic mass is 9.93. The summed E-state index contributed by atoms with van der Waals surface area (Å²) in [5, 5.41) is 12.4. The van der Waals surface area contributed by atoms with Gasteiger partial charge in [0.05, 0.1) is 22.1 Å². The van der Waals surface area contributed by atoms with E-state index in [4.69, 9.17) is 9.97 Å². The normalized spacial score (nSPS) is 12.2. The molecule has 0 saturated heterocycles. The van der Waals surface area contributed by atoms with Gasteiger partial charge in [-0.3, -0.25) is 0 Å². The predicted octanol–water partition coefficient (Wildman–Crippen LogP) is 9.17. The van der Waals surface area contributed by atoms with E-state index in [1.54, 1.807) is 0 Å². The molecule has 0 amide bonds. The van der Waals surface area contributed by atoms with Crippen LogP contribution in [0.2, 0.25) is 0 Å². The maximum absolute atomic E-state index is 5.22. The largest absolute Gasteiger partial charge is 0.244 e. The highest BCUT2D eigenvalue weighted by Gasteiger charge is 2.14. The Morgan fingerprint density at radius 3 is 2.03 bits per heavy atom. The van der Waals surface area contributed by atoms with Crippen LogP contribution in [0.15, 0.2) is 97.1 Å². The van der Waals surface area contributed by atoms with E-state index in [1.807, 2.05) is 0 Å². The Kier molecular flexibility index (Phi) is 3.83.